The maximum Gasteiger partial charge on any atom is 0 e. The first-order chi connectivity index (χ1) is 3.95. The number of amides is 1. The predicted molar refractivity (Wildman–Crippen MR) is 37.8 cm³/mol. The quantitative estimate of drug-likeness (QED) is 0.395. The van der Waals surface area contributed by atoms with Gasteiger partial charge in [0.15, 0.2) is 0 Å². The summed E-state index contributed by atoms with van der Waals surface area (Å²) in [7, 11) is 1.73. The summed E-state index contributed by atoms with van der Waals surface area (Å²) in [6.45, 7) is 7.01. The fourth-order valence-electron chi connectivity index (χ4n) is 0.744. The van der Waals surface area contributed by atoms with Crippen LogP contribution in [0.1, 0.15) is 20.8 Å². The van der Waals surface area contributed by atoms with Crippen molar-refractivity contribution in [1.29, 1.82) is 0 Å². The van der Waals surface area contributed by atoms with Gasteiger partial charge in [-0.15, -0.1) is 0 Å². The maximum atomic E-state index is 9.98. The van der Waals surface area contributed by atoms with Crippen molar-refractivity contribution in [3.8, 4) is 0 Å². The minimum Gasteiger partial charge on any atom is -0.520 e. The maximum absolute atomic E-state index is 9.98. The van der Waals surface area contributed by atoms with Crippen LogP contribution in [0.15, 0.2) is 0 Å². The van der Waals surface area contributed by atoms with Gasteiger partial charge in [-0.2, -0.15) is 6.41 Å². The van der Waals surface area contributed by atoms with E-state index in [0.29, 0.717) is 0 Å². The summed E-state index contributed by atoms with van der Waals surface area (Å²) in [4.78, 5) is 11.5. The molecule has 1 radical (unpaired) electrons. The third-order valence-electron chi connectivity index (χ3n) is 0.867. The topological polar surface area (TPSA) is 20.3 Å². The van der Waals surface area contributed by atoms with Gasteiger partial charge in [-0.1, -0.05) is 20.8 Å². The molecule has 0 aliphatic heterocycles. The zero-order valence-electron chi connectivity index (χ0n) is 6.90. The molecule has 0 aliphatic rings. The second-order valence-electron chi connectivity index (χ2n) is 3.51. The van der Waals surface area contributed by atoms with Crippen molar-refractivity contribution < 1.29 is 24.3 Å². The van der Waals surface area contributed by atoms with Crippen LogP contribution in [0, 0.1) is 5.41 Å². The molecule has 0 atom stereocenters. The summed E-state index contributed by atoms with van der Waals surface area (Å²) < 4.78 is 0. The Bertz CT molecular complexity index is 98.3. The third kappa shape index (κ3) is 8.09. The van der Waals surface area contributed by atoms with Crippen molar-refractivity contribution in [2.24, 2.45) is 5.41 Å². The Hall–Kier alpha value is 0.0934. The Morgan fingerprint density at radius 1 is 1.40 bits per heavy atom. The van der Waals surface area contributed by atoms with Crippen LogP contribution in [0.2, 0.25) is 0 Å². The molecular formula is C7H14NORh-. The van der Waals surface area contributed by atoms with Crippen LogP contribution in [-0.4, -0.2) is 24.9 Å². The van der Waals surface area contributed by atoms with Crippen LogP contribution >= 0.6 is 0 Å². The van der Waals surface area contributed by atoms with Crippen LogP contribution in [0.3, 0.4) is 0 Å². The van der Waals surface area contributed by atoms with Crippen molar-refractivity contribution in [2.75, 3.05) is 13.6 Å². The summed E-state index contributed by atoms with van der Waals surface area (Å²) in [6.07, 6.45) is 1.80. The molecule has 0 bridgehead atoms. The molecule has 0 rings (SSSR count). The zero-order valence-corrected chi connectivity index (χ0v) is 8.53. The molecule has 0 spiro atoms. The van der Waals surface area contributed by atoms with Gasteiger partial charge >= 0.3 is 0 Å². The van der Waals surface area contributed by atoms with E-state index in [2.05, 4.69) is 20.8 Å². The zero-order chi connectivity index (χ0) is 7.49. The monoisotopic (exact) mass is 231 g/mol. The van der Waals surface area contributed by atoms with E-state index in [1.54, 1.807) is 13.5 Å². The predicted octanol–water partition coefficient (Wildman–Crippen LogP) is 1.03. The number of hydrogen-bond donors (Lipinski definition) is 0. The summed E-state index contributed by atoms with van der Waals surface area (Å²) >= 11 is 0. The molecule has 0 fully saturated rings. The van der Waals surface area contributed by atoms with Crippen molar-refractivity contribution >= 4 is 6.41 Å². The second-order valence-corrected chi connectivity index (χ2v) is 3.51. The number of carbonyl (C=O) groups excluding carboxylic acids is 1. The Balaban J connectivity index is 0. The molecule has 0 aromatic heterocycles. The molecule has 0 heterocycles. The molecule has 0 aromatic rings. The first-order valence-electron chi connectivity index (χ1n) is 3.04. The van der Waals surface area contributed by atoms with Crippen molar-refractivity contribution in [1.82, 2.24) is 4.90 Å². The van der Waals surface area contributed by atoms with E-state index in [0.717, 1.165) is 6.54 Å². The van der Waals surface area contributed by atoms with E-state index in [-0.39, 0.29) is 24.9 Å². The van der Waals surface area contributed by atoms with Gasteiger partial charge in [0, 0.05) is 19.5 Å². The molecule has 0 aliphatic carbocycles. The summed E-state index contributed by atoms with van der Waals surface area (Å²) in [6, 6.07) is 0. The van der Waals surface area contributed by atoms with E-state index in [1.807, 2.05) is 0 Å². The van der Waals surface area contributed by atoms with Gasteiger partial charge in [0.25, 0.3) is 0 Å². The Morgan fingerprint density at radius 3 is 1.90 bits per heavy atom. The average Bonchev–Trinajstić information content (AvgIpc) is 1.62. The smallest absolute Gasteiger partial charge is 0 e. The van der Waals surface area contributed by atoms with Gasteiger partial charge in [-0.3, -0.25) is 0 Å². The van der Waals surface area contributed by atoms with Crippen LogP contribution in [0.5, 0.6) is 0 Å². The molecule has 0 unspecified atom stereocenters. The van der Waals surface area contributed by atoms with Gasteiger partial charge in [0.05, 0.1) is 0 Å². The summed E-state index contributed by atoms with van der Waals surface area (Å²) in [5.41, 5.74) is 0.187. The number of rotatable bonds is 2. The van der Waals surface area contributed by atoms with Crippen molar-refractivity contribution in [2.45, 2.75) is 20.8 Å². The second kappa shape index (κ2) is 4.84. The standard InChI is InChI=1S/C7H14NO.Rh/c1-7(2,3)5-8(4)6-9;/h5H2,1-4H3;/q-1;. The molecule has 0 aromatic carbocycles. The van der Waals surface area contributed by atoms with Crippen molar-refractivity contribution in [3.05, 3.63) is 0 Å². The Kier molecular flexibility index (Phi) is 6.17. The SMILES string of the molecule is CN([C-]=O)CC(C)(C)C.[Rh]. The van der Waals surface area contributed by atoms with E-state index in [1.165, 1.54) is 4.90 Å². The Labute approximate surface area is 75.7 Å². The average molecular weight is 231 g/mol. The number of nitrogens with zero attached hydrogens (tertiary/aromatic N) is 1. The molecule has 1 amide bonds. The summed E-state index contributed by atoms with van der Waals surface area (Å²) in [5, 5.41) is 0. The first-order valence-corrected chi connectivity index (χ1v) is 3.04. The van der Waals surface area contributed by atoms with Gasteiger partial charge in [-0.25, -0.2) is 0 Å². The molecule has 10 heavy (non-hydrogen) atoms. The fourth-order valence-corrected chi connectivity index (χ4v) is 0.744. The third-order valence-corrected chi connectivity index (χ3v) is 0.867. The normalized spacial score (nSPS) is 10.0. The van der Waals surface area contributed by atoms with Crippen LogP contribution in [0.25, 0.3) is 0 Å². The van der Waals surface area contributed by atoms with E-state index < -0.39 is 0 Å². The molecule has 2 nitrogen and oxygen atoms in total. The van der Waals surface area contributed by atoms with Crippen LogP contribution in [0.4, 0.5) is 0 Å². The largest absolute Gasteiger partial charge is 0.520 e. The van der Waals surface area contributed by atoms with E-state index in [9.17, 15) is 4.79 Å². The molecular weight excluding hydrogens is 217 g/mol. The van der Waals surface area contributed by atoms with Gasteiger partial charge in [-0.05, 0) is 19.0 Å². The van der Waals surface area contributed by atoms with Crippen LogP contribution in [-0.2, 0) is 24.3 Å². The minimum absolute atomic E-state index is 0. The van der Waals surface area contributed by atoms with Gasteiger partial charge in [0.2, 0.25) is 0 Å². The molecule has 0 N–H and O–H groups in total. The van der Waals surface area contributed by atoms with Crippen molar-refractivity contribution in [3.63, 3.8) is 0 Å². The summed E-state index contributed by atoms with van der Waals surface area (Å²) in [5.74, 6) is 0. The molecule has 0 saturated heterocycles. The van der Waals surface area contributed by atoms with Gasteiger partial charge in [0.1, 0.15) is 0 Å². The van der Waals surface area contributed by atoms with E-state index >= 15 is 0 Å². The molecule has 0 saturated carbocycles. The minimum atomic E-state index is 0. The van der Waals surface area contributed by atoms with Gasteiger partial charge < -0.3 is 9.69 Å². The van der Waals surface area contributed by atoms with Crippen LogP contribution < -0.4 is 0 Å². The molecule has 3 heteroatoms. The Morgan fingerprint density at radius 2 is 1.80 bits per heavy atom. The fraction of sp³-hybridized carbons (Fsp3) is 0.857. The number of hydrogen-bond acceptors (Lipinski definition) is 1. The van der Waals surface area contributed by atoms with E-state index in [4.69, 9.17) is 0 Å². The molecule has 63 valence electrons. The first kappa shape index (κ1) is 12.7.